The molecule has 94 valence electrons. The average molecular weight is 235 g/mol. The number of hydrazine groups is 1. The van der Waals surface area contributed by atoms with Gasteiger partial charge in [-0.25, -0.2) is 5.43 Å². The van der Waals surface area contributed by atoms with E-state index in [-0.39, 0.29) is 6.17 Å². The Kier molecular flexibility index (Phi) is 3.99. The Labute approximate surface area is 103 Å². The van der Waals surface area contributed by atoms with Crippen LogP contribution in [0.1, 0.15) is 24.0 Å². The average Bonchev–Trinajstić information content (AvgIpc) is 2.70. The molecule has 1 aliphatic heterocycles. The fourth-order valence-corrected chi connectivity index (χ4v) is 1.96. The standard InChI is InChI=1S/C13H21N3O/c1-9-3-4-12(7-10(9)2)17-6-5-11-8-13(14)16-15-11/h3-4,7,11,13,15-16H,5-6,8,14H2,1-2H3. The molecule has 0 aromatic heterocycles. The fraction of sp³-hybridized carbons (Fsp3) is 0.538. The predicted octanol–water partition coefficient (Wildman–Crippen LogP) is 1.22. The molecule has 0 aliphatic carbocycles. The monoisotopic (exact) mass is 235 g/mol. The summed E-state index contributed by atoms with van der Waals surface area (Å²) in [6, 6.07) is 6.61. The molecule has 0 saturated carbocycles. The van der Waals surface area contributed by atoms with Crippen molar-refractivity contribution in [2.24, 2.45) is 5.73 Å². The predicted molar refractivity (Wildman–Crippen MR) is 68.7 cm³/mol. The van der Waals surface area contributed by atoms with Crippen LogP contribution in [-0.4, -0.2) is 18.8 Å². The first-order chi connectivity index (χ1) is 8.15. The second-order valence-corrected chi connectivity index (χ2v) is 4.71. The Balaban J connectivity index is 1.76. The van der Waals surface area contributed by atoms with Crippen molar-refractivity contribution in [3.05, 3.63) is 29.3 Å². The number of aryl methyl sites for hydroxylation is 2. The number of nitrogens with two attached hydrogens (primary N) is 1. The summed E-state index contributed by atoms with van der Waals surface area (Å²) < 4.78 is 5.73. The summed E-state index contributed by atoms with van der Waals surface area (Å²) in [4.78, 5) is 0. The van der Waals surface area contributed by atoms with Gasteiger partial charge in [0.2, 0.25) is 0 Å². The molecule has 17 heavy (non-hydrogen) atoms. The molecule has 4 N–H and O–H groups in total. The SMILES string of the molecule is Cc1ccc(OCCC2CC(N)NN2)cc1C. The molecule has 4 heteroatoms. The van der Waals surface area contributed by atoms with Crippen LogP contribution in [0.5, 0.6) is 5.75 Å². The van der Waals surface area contributed by atoms with Gasteiger partial charge in [-0.2, -0.15) is 0 Å². The van der Waals surface area contributed by atoms with Crippen LogP contribution in [0.15, 0.2) is 18.2 Å². The summed E-state index contributed by atoms with van der Waals surface area (Å²) in [5.74, 6) is 0.948. The summed E-state index contributed by atoms with van der Waals surface area (Å²) >= 11 is 0. The maximum atomic E-state index is 5.73. The molecular weight excluding hydrogens is 214 g/mol. The summed E-state index contributed by atoms with van der Waals surface area (Å²) in [5.41, 5.74) is 14.5. The molecule has 1 saturated heterocycles. The minimum Gasteiger partial charge on any atom is -0.494 e. The second kappa shape index (κ2) is 5.49. The van der Waals surface area contributed by atoms with E-state index in [1.165, 1.54) is 11.1 Å². The molecule has 0 amide bonds. The minimum atomic E-state index is 0.0709. The van der Waals surface area contributed by atoms with Gasteiger partial charge in [0.15, 0.2) is 0 Å². The number of benzene rings is 1. The third-order valence-corrected chi connectivity index (χ3v) is 3.22. The third-order valence-electron chi connectivity index (χ3n) is 3.22. The van der Waals surface area contributed by atoms with Gasteiger partial charge in [0.1, 0.15) is 5.75 Å². The zero-order chi connectivity index (χ0) is 12.3. The Bertz CT molecular complexity index is 381. The molecule has 2 rings (SSSR count). The molecule has 0 radical (unpaired) electrons. The Morgan fingerprint density at radius 2 is 2.12 bits per heavy atom. The molecule has 2 unspecified atom stereocenters. The molecule has 0 bridgehead atoms. The highest BCUT2D eigenvalue weighted by Crippen LogP contribution is 2.17. The second-order valence-electron chi connectivity index (χ2n) is 4.71. The highest BCUT2D eigenvalue weighted by Gasteiger charge is 2.19. The van der Waals surface area contributed by atoms with Crippen molar-refractivity contribution in [1.29, 1.82) is 0 Å². The molecule has 1 aromatic rings. The Morgan fingerprint density at radius 3 is 2.76 bits per heavy atom. The van der Waals surface area contributed by atoms with Gasteiger partial charge in [-0.15, -0.1) is 0 Å². The number of hydrogen-bond acceptors (Lipinski definition) is 4. The molecule has 4 nitrogen and oxygen atoms in total. The van der Waals surface area contributed by atoms with Crippen molar-refractivity contribution in [2.45, 2.75) is 38.9 Å². The van der Waals surface area contributed by atoms with E-state index in [0.29, 0.717) is 12.6 Å². The van der Waals surface area contributed by atoms with Crippen LogP contribution in [0.2, 0.25) is 0 Å². The van der Waals surface area contributed by atoms with Crippen molar-refractivity contribution in [1.82, 2.24) is 10.9 Å². The highest BCUT2D eigenvalue weighted by molar-refractivity contribution is 5.33. The molecule has 1 aromatic carbocycles. The first-order valence-electron chi connectivity index (χ1n) is 6.12. The van der Waals surface area contributed by atoms with Crippen LogP contribution in [0.4, 0.5) is 0 Å². The van der Waals surface area contributed by atoms with Crippen LogP contribution in [0, 0.1) is 13.8 Å². The largest absolute Gasteiger partial charge is 0.494 e. The molecule has 2 atom stereocenters. The maximum Gasteiger partial charge on any atom is 0.119 e. The van der Waals surface area contributed by atoms with E-state index in [4.69, 9.17) is 10.5 Å². The van der Waals surface area contributed by atoms with Crippen LogP contribution >= 0.6 is 0 Å². The van der Waals surface area contributed by atoms with Gasteiger partial charge < -0.3 is 10.5 Å². The van der Waals surface area contributed by atoms with Crippen molar-refractivity contribution in [3.8, 4) is 5.75 Å². The fourth-order valence-electron chi connectivity index (χ4n) is 1.96. The van der Waals surface area contributed by atoms with E-state index in [0.717, 1.165) is 18.6 Å². The Morgan fingerprint density at radius 1 is 1.29 bits per heavy atom. The summed E-state index contributed by atoms with van der Waals surface area (Å²) in [7, 11) is 0. The zero-order valence-corrected chi connectivity index (χ0v) is 10.5. The van der Waals surface area contributed by atoms with Crippen molar-refractivity contribution in [3.63, 3.8) is 0 Å². The molecular formula is C13H21N3O. The van der Waals surface area contributed by atoms with Crippen molar-refractivity contribution >= 4 is 0 Å². The van der Waals surface area contributed by atoms with Crippen LogP contribution < -0.4 is 21.3 Å². The van der Waals surface area contributed by atoms with Crippen molar-refractivity contribution in [2.75, 3.05) is 6.61 Å². The van der Waals surface area contributed by atoms with Gasteiger partial charge in [0.25, 0.3) is 0 Å². The van der Waals surface area contributed by atoms with Gasteiger partial charge in [-0.05, 0) is 49.9 Å². The molecule has 0 spiro atoms. The molecule has 1 heterocycles. The Hall–Kier alpha value is -1.10. The van der Waals surface area contributed by atoms with Crippen LogP contribution in [0.3, 0.4) is 0 Å². The molecule has 1 aliphatic rings. The maximum absolute atomic E-state index is 5.73. The van der Waals surface area contributed by atoms with E-state index in [2.05, 4.69) is 36.8 Å². The molecule has 1 fully saturated rings. The van der Waals surface area contributed by atoms with Crippen LogP contribution in [0.25, 0.3) is 0 Å². The van der Waals surface area contributed by atoms with Crippen molar-refractivity contribution < 1.29 is 4.74 Å². The number of nitrogens with one attached hydrogen (secondary N) is 2. The van der Waals surface area contributed by atoms with Gasteiger partial charge in [-0.3, -0.25) is 5.43 Å². The normalized spacial score (nSPS) is 23.9. The lowest BCUT2D eigenvalue weighted by atomic mass is 10.1. The highest BCUT2D eigenvalue weighted by atomic mass is 16.5. The van der Waals surface area contributed by atoms with E-state index < -0.39 is 0 Å². The number of rotatable bonds is 4. The summed E-state index contributed by atoms with van der Waals surface area (Å²) in [6.07, 6.45) is 1.99. The lowest BCUT2D eigenvalue weighted by Crippen LogP contribution is -2.37. The summed E-state index contributed by atoms with van der Waals surface area (Å²) in [6.45, 7) is 4.92. The number of ether oxygens (including phenoxy) is 1. The lowest BCUT2D eigenvalue weighted by Gasteiger charge is -2.11. The van der Waals surface area contributed by atoms with E-state index in [9.17, 15) is 0 Å². The lowest BCUT2D eigenvalue weighted by molar-refractivity contribution is 0.289. The third kappa shape index (κ3) is 3.43. The topological polar surface area (TPSA) is 59.3 Å². The van der Waals surface area contributed by atoms with Crippen LogP contribution in [-0.2, 0) is 0 Å². The van der Waals surface area contributed by atoms with E-state index in [1.807, 2.05) is 6.07 Å². The zero-order valence-electron chi connectivity index (χ0n) is 10.5. The van der Waals surface area contributed by atoms with E-state index in [1.54, 1.807) is 0 Å². The van der Waals surface area contributed by atoms with Gasteiger partial charge >= 0.3 is 0 Å². The summed E-state index contributed by atoms with van der Waals surface area (Å²) in [5, 5.41) is 0. The van der Waals surface area contributed by atoms with Gasteiger partial charge in [0, 0.05) is 6.04 Å². The first-order valence-corrected chi connectivity index (χ1v) is 6.12. The van der Waals surface area contributed by atoms with Gasteiger partial charge in [-0.1, -0.05) is 6.07 Å². The van der Waals surface area contributed by atoms with Gasteiger partial charge in [0.05, 0.1) is 12.8 Å². The first kappa shape index (κ1) is 12.4. The quantitative estimate of drug-likeness (QED) is 0.734. The minimum absolute atomic E-state index is 0.0709. The number of hydrogen-bond donors (Lipinski definition) is 3. The smallest absolute Gasteiger partial charge is 0.119 e. The van der Waals surface area contributed by atoms with E-state index >= 15 is 0 Å².